The van der Waals surface area contributed by atoms with Crippen molar-refractivity contribution in [3.8, 4) is 0 Å². The normalized spacial score (nSPS) is 10.1. The first kappa shape index (κ1) is 10.6. The maximum atomic E-state index is 5.85. The molecule has 0 saturated carbocycles. The Morgan fingerprint density at radius 1 is 0.938 bits per heavy atom. The number of nitrogen functional groups attached to an aromatic ring is 1. The van der Waals surface area contributed by atoms with Crippen molar-refractivity contribution < 1.29 is 0 Å². The second-order valence-corrected chi connectivity index (χ2v) is 4.00. The highest BCUT2D eigenvalue weighted by molar-refractivity contribution is 5.66. The molecule has 2 heteroatoms. The number of nitrogens with zero attached hydrogens (tertiary/aromatic N) is 1. The fourth-order valence-electron chi connectivity index (χ4n) is 1.79. The molecule has 2 rings (SSSR count). The lowest BCUT2D eigenvalue weighted by atomic mass is 10.1. The monoisotopic (exact) mass is 212 g/mol. The van der Waals surface area contributed by atoms with Crippen LogP contribution in [-0.2, 0) is 0 Å². The molecule has 0 aromatic heterocycles. The number of para-hydroxylation sites is 1. The van der Waals surface area contributed by atoms with Crippen LogP contribution in [0.3, 0.4) is 0 Å². The summed E-state index contributed by atoms with van der Waals surface area (Å²) >= 11 is 0. The van der Waals surface area contributed by atoms with Crippen LogP contribution in [0.1, 0.15) is 5.56 Å². The average Bonchev–Trinajstić information content (AvgIpc) is 2.28. The molecule has 2 aromatic rings. The number of hydrogen-bond donors (Lipinski definition) is 1. The third-order valence-electron chi connectivity index (χ3n) is 2.62. The summed E-state index contributed by atoms with van der Waals surface area (Å²) in [7, 11) is 2.05. The summed E-state index contributed by atoms with van der Waals surface area (Å²) in [6.45, 7) is 2.05. The lowest BCUT2D eigenvalue weighted by Gasteiger charge is -2.20. The Hall–Kier alpha value is -1.96. The minimum Gasteiger partial charge on any atom is -0.399 e. The van der Waals surface area contributed by atoms with E-state index in [2.05, 4.69) is 30.0 Å². The fraction of sp³-hybridized carbons (Fsp3) is 0.143. The number of hydrogen-bond acceptors (Lipinski definition) is 2. The fourth-order valence-corrected chi connectivity index (χ4v) is 1.79. The number of rotatable bonds is 2. The van der Waals surface area contributed by atoms with Crippen LogP contribution in [0, 0.1) is 6.92 Å². The van der Waals surface area contributed by atoms with Crippen LogP contribution < -0.4 is 10.6 Å². The third-order valence-corrected chi connectivity index (χ3v) is 2.62. The first-order valence-corrected chi connectivity index (χ1v) is 5.33. The van der Waals surface area contributed by atoms with Gasteiger partial charge in [-0.05, 0) is 42.8 Å². The highest BCUT2D eigenvalue weighted by Crippen LogP contribution is 2.25. The molecule has 2 N–H and O–H groups in total. The molecule has 0 unspecified atom stereocenters. The summed E-state index contributed by atoms with van der Waals surface area (Å²) < 4.78 is 0. The van der Waals surface area contributed by atoms with Crippen molar-refractivity contribution in [3.63, 3.8) is 0 Å². The molecule has 16 heavy (non-hydrogen) atoms. The van der Waals surface area contributed by atoms with Crippen LogP contribution in [0.15, 0.2) is 48.5 Å². The highest BCUT2D eigenvalue weighted by atomic mass is 15.1. The predicted octanol–water partition coefficient (Wildman–Crippen LogP) is 3.35. The molecule has 0 aliphatic heterocycles. The van der Waals surface area contributed by atoms with Gasteiger partial charge in [-0.15, -0.1) is 0 Å². The van der Waals surface area contributed by atoms with Crippen molar-refractivity contribution in [3.05, 3.63) is 54.1 Å². The average molecular weight is 212 g/mol. The zero-order chi connectivity index (χ0) is 11.5. The van der Waals surface area contributed by atoms with E-state index in [4.69, 9.17) is 5.73 Å². The Balaban J connectivity index is 2.37. The Kier molecular flexibility index (Phi) is 2.82. The van der Waals surface area contributed by atoms with E-state index in [9.17, 15) is 0 Å². The van der Waals surface area contributed by atoms with Crippen LogP contribution in [0.4, 0.5) is 17.1 Å². The first-order valence-electron chi connectivity index (χ1n) is 5.33. The summed E-state index contributed by atoms with van der Waals surface area (Å²) in [4.78, 5) is 2.13. The standard InChI is InChI=1S/C14H16N2/c1-11-8-12(15)10-14(9-11)16(2)13-6-4-3-5-7-13/h3-10H,15H2,1-2H3. The molecule has 0 heterocycles. The zero-order valence-electron chi connectivity index (χ0n) is 9.64. The number of benzene rings is 2. The van der Waals surface area contributed by atoms with Gasteiger partial charge in [0.15, 0.2) is 0 Å². The Labute approximate surface area is 96.3 Å². The second-order valence-electron chi connectivity index (χ2n) is 4.00. The molecule has 0 amide bonds. The number of anilines is 3. The maximum Gasteiger partial charge on any atom is 0.0431 e. The van der Waals surface area contributed by atoms with Gasteiger partial charge in [0.1, 0.15) is 0 Å². The summed E-state index contributed by atoms with van der Waals surface area (Å²) in [6.07, 6.45) is 0. The Bertz CT molecular complexity index is 457. The zero-order valence-corrected chi connectivity index (χ0v) is 9.64. The molecule has 0 radical (unpaired) electrons. The quantitative estimate of drug-likeness (QED) is 0.773. The van der Waals surface area contributed by atoms with Gasteiger partial charge in [-0.1, -0.05) is 18.2 Å². The summed E-state index contributed by atoms with van der Waals surface area (Å²) in [6, 6.07) is 16.3. The predicted molar refractivity (Wildman–Crippen MR) is 70.1 cm³/mol. The lowest BCUT2D eigenvalue weighted by Crippen LogP contribution is -2.09. The van der Waals surface area contributed by atoms with Gasteiger partial charge in [0.2, 0.25) is 0 Å². The van der Waals surface area contributed by atoms with Crippen LogP contribution in [0.25, 0.3) is 0 Å². The smallest absolute Gasteiger partial charge is 0.0431 e. The van der Waals surface area contributed by atoms with Gasteiger partial charge >= 0.3 is 0 Å². The largest absolute Gasteiger partial charge is 0.399 e. The van der Waals surface area contributed by atoms with Crippen molar-refractivity contribution in [1.82, 2.24) is 0 Å². The summed E-state index contributed by atoms with van der Waals surface area (Å²) in [5.74, 6) is 0. The van der Waals surface area contributed by atoms with Crippen LogP contribution in [0.5, 0.6) is 0 Å². The second kappa shape index (κ2) is 4.27. The Morgan fingerprint density at radius 2 is 1.62 bits per heavy atom. The van der Waals surface area contributed by atoms with Gasteiger partial charge in [-0.2, -0.15) is 0 Å². The molecule has 2 nitrogen and oxygen atoms in total. The molecule has 0 saturated heterocycles. The summed E-state index contributed by atoms with van der Waals surface area (Å²) in [5.41, 5.74) is 10.1. The van der Waals surface area contributed by atoms with Crippen molar-refractivity contribution in [2.75, 3.05) is 17.7 Å². The number of aryl methyl sites for hydroxylation is 1. The van der Waals surface area contributed by atoms with Crippen LogP contribution >= 0.6 is 0 Å². The minimum absolute atomic E-state index is 0.804. The molecule has 0 aliphatic carbocycles. The molecule has 82 valence electrons. The van der Waals surface area contributed by atoms with E-state index >= 15 is 0 Å². The van der Waals surface area contributed by atoms with Gasteiger partial charge in [-0.25, -0.2) is 0 Å². The van der Waals surface area contributed by atoms with Gasteiger partial charge < -0.3 is 10.6 Å². The van der Waals surface area contributed by atoms with Crippen molar-refractivity contribution >= 4 is 17.1 Å². The molecule has 0 atom stereocenters. The topological polar surface area (TPSA) is 29.3 Å². The van der Waals surface area contributed by atoms with E-state index in [1.807, 2.05) is 37.4 Å². The lowest BCUT2D eigenvalue weighted by molar-refractivity contribution is 1.20. The van der Waals surface area contributed by atoms with E-state index in [0.29, 0.717) is 0 Å². The van der Waals surface area contributed by atoms with E-state index in [-0.39, 0.29) is 0 Å². The van der Waals surface area contributed by atoms with Crippen molar-refractivity contribution in [2.24, 2.45) is 0 Å². The van der Waals surface area contributed by atoms with Gasteiger partial charge in [-0.3, -0.25) is 0 Å². The summed E-state index contributed by atoms with van der Waals surface area (Å²) in [5, 5.41) is 0. The van der Waals surface area contributed by atoms with Crippen LogP contribution in [-0.4, -0.2) is 7.05 Å². The Morgan fingerprint density at radius 3 is 2.25 bits per heavy atom. The first-order chi connectivity index (χ1) is 7.66. The molecular formula is C14H16N2. The molecular weight excluding hydrogens is 196 g/mol. The van der Waals surface area contributed by atoms with Crippen molar-refractivity contribution in [2.45, 2.75) is 6.92 Å². The van der Waals surface area contributed by atoms with Gasteiger partial charge in [0, 0.05) is 24.1 Å². The minimum atomic E-state index is 0.804. The molecule has 0 aliphatic rings. The van der Waals surface area contributed by atoms with Crippen LogP contribution in [0.2, 0.25) is 0 Å². The molecule has 0 bridgehead atoms. The molecule has 0 spiro atoms. The molecule has 0 fully saturated rings. The molecule has 2 aromatic carbocycles. The van der Waals surface area contributed by atoms with E-state index in [0.717, 1.165) is 17.1 Å². The van der Waals surface area contributed by atoms with Crippen molar-refractivity contribution in [1.29, 1.82) is 0 Å². The third kappa shape index (κ3) is 2.16. The van der Waals surface area contributed by atoms with Gasteiger partial charge in [0.05, 0.1) is 0 Å². The maximum absolute atomic E-state index is 5.85. The number of nitrogens with two attached hydrogens (primary N) is 1. The van der Waals surface area contributed by atoms with E-state index in [1.165, 1.54) is 5.56 Å². The highest BCUT2D eigenvalue weighted by Gasteiger charge is 2.04. The van der Waals surface area contributed by atoms with E-state index in [1.54, 1.807) is 0 Å². The van der Waals surface area contributed by atoms with Gasteiger partial charge in [0.25, 0.3) is 0 Å². The SMILES string of the molecule is Cc1cc(N)cc(N(C)c2ccccc2)c1. The van der Waals surface area contributed by atoms with E-state index < -0.39 is 0 Å².